The fourth-order valence-corrected chi connectivity index (χ4v) is 3.33. The van der Waals surface area contributed by atoms with Crippen molar-refractivity contribution in [2.75, 3.05) is 46.3 Å². The second-order valence-corrected chi connectivity index (χ2v) is 6.69. The molecule has 0 saturated carbocycles. The van der Waals surface area contributed by atoms with Crippen LogP contribution in [0, 0.1) is 11.8 Å². The molecule has 0 radical (unpaired) electrons. The van der Waals surface area contributed by atoms with E-state index in [-0.39, 0.29) is 0 Å². The van der Waals surface area contributed by atoms with Gasteiger partial charge in [0.15, 0.2) is 5.96 Å². The van der Waals surface area contributed by atoms with Gasteiger partial charge in [0.1, 0.15) is 0 Å². The van der Waals surface area contributed by atoms with Gasteiger partial charge in [-0.25, -0.2) is 0 Å². The van der Waals surface area contributed by atoms with Crippen LogP contribution >= 0.6 is 0 Å². The first-order valence-corrected chi connectivity index (χ1v) is 8.37. The summed E-state index contributed by atoms with van der Waals surface area (Å²) >= 11 is 0. The Bertz CT molecular complexity index is 308. The van der Waals surface area contributed by atoms with Crippen molar-refractivity contribution >= 4 is 5.96 Å². The summed E-state index contributed by atoms with van der Waals surface area (Å²) in [4.78, 5) is 9.46. The maximum atomic E-state index is 4.45. The third-order valence-electron chi connectivity index (χ3n) is 4.76. The molecule has 4 heteroatoms. The molecule has 2 rings (SSSR count). The zero-order chi connectivity index (χ0) is 14.4. The van der Waals surface area contributed by atoms with Gasteiger partial charge in [0.05, 0.1) is 0 Å². The number of guanidine groups is 1. The van der Waals surface area contributed by atoms with Crippen molar-refractivity contribution in [1.82, 2.24) is 15.1 Å². The van der Waals surface area contributed by atoms with E-state index in [4.69, 9.17) is 0 Å². The van der Waals surface area contributed by atoms with Gasteiger partial charge in [-0.05, 0) is 50.6 Å². The van der Waals surface area contributed by atoms with Crippen LogP contribution in [0.15, 0.2) is 4.99 Å². The maximum absolute atomic E-state index is 4.45. The van der Waals surface area contributed by atoms with E-state index >= 15 is 0 Å². The highest BCUT2D eigenvalue weighted by Gasteiger charge is 2.19. The van der Waals surface area contributed by atoms with Crippen molar-refractivity contribution in [2.24, 2.45) is 16.8 Å². The van der Waals surface area contributed by atoms with Crippen molar-refractivity contribution < 1.29 is 0 Å². The summed E-state index contributed by atoms with van der Waals surface area (Å²) in [6.07, 6.45) is 5.38. The highest BCUT2D eigenvalue weighted by atomic mass is 15.3. The topological polar surface area (TPSA) is 30.9 Å². The lowest BCUT2D eigenvalue weighted by Gasteiger charge is -2.34. The molecule has 2 fully saturated rings. The monoisotopic (exact) mass is 280 g/mol. The molecule has 1 atom stereocenters. The minimum atomic E-state index is 0.797. The summed E-state index contributed by atoms with van der Waals surface area (Å²) in [6.45, 7) is 11.7. The average molecular weight is 280 g/mol. The largest absolute Gasteiger partial charge is 0.355 e. The van der Waals surface area contributed by atoms with Gasteiger partial charge in [-0.1, -0.05) is 13.8 Å². The molecule has 0 aromatic rings. The Kier molecular flexibility index (Phi) is 6.14. The van der Waals surface area contributed by atoms with E-state index in [1.54, 1.807) is 0 Å². The third kappa shape index (κ3) is 4.65. The molecule has 1 unspecified atom stereocenters. The first-order valence-electron chi connectivity index (χ1n) is 8.37. The lowest BCUT2D eigenvalue weighted by atomic mass is 9.99. The van der Waals surface area contributed by atoms with Gasteiger partial charge in [-0.3, -0.25) is 4.99 Å². The van der Waals surface area contributed by atoms with E-state index in [1.165, 1.54) is 38.8 Å². The number of aliphatic imine (C=N–C) groups is 1. The summed E-state index contributed by atoms with van der Waals surface area (Å²) in [5.41, 5.74) is 0. The van der Waals surface area contributed by atoms with Crippen molar-refractivity contribution in [3.05, 3.63) is 0 Å². The molecule has 4 nitrogen and oxygen atoms in total. The zero-order valence-electron chi connectivity index (χ0n) is 13.6. The van der Waals surface area contributed by atoms with Gasteiger partial charge < -0.3 is 15.1 Å². The molecule has 0 amide bonds. The van der Waals surface area contributed by atoms with Gasteiger partial charge in [0.25, 0.3) is 0 Å². The third-order valence-corrected chi connectivity index (χ3v) is 4.76. The molecule has 2 aliphatic rings. The Labute approximate surface area is 124 Å². The van der Waals surface area contributed by atoms with Crippen LogP contribution in [0.25, 0.3) is 0 Å². The number of piperidine rings is 2. The Balaban J connectivity index is 1.69. The van der Waals surface area contributed by atoms with E-state index in [0.717, 1.165) is 44.0 Å². The lowest BCUT2D eigenvalue weighted by Crippen LogP contribution is -2.48. The SMILES string of the molecule is CN=C(NCCN1CCC(C)CC1)N1CCCC(C)C1. The quantitative estimate of drug-likeness (QED) is 0.634. The van der Waals surface area contributed by atoms with Crippen LogP contribution < -0.4 is 5.32 Å². The average Bonchev–Trinajstić information content (AvgIpc) is 2.45. The second kappa shape index (κ2) is 7.87. The van der Waals surface area contributed by atoms with Gasteiger partial charge in [0.2, 0.25) is 0 Å². The Morgan fingerprint density at radius 3 is 2.50 bits per heavy atom. The number of nitrogens with zero attached hydrogens (tertiary/aromatic N) is 3. The number of hydrogen-bond acceptors (Lipinski definition) is 2. The smallest absolute Gasteiger partial charge is 0.193 e. The van der Waals surface area contributed by atoms with E-state index in [2.05, 4.69) is 34.0 Å². The molecule has 0 spiro atoms. The van der Waals surface area contributed by atoms with Crippen molar-refractivity contribution in [3.8, 4) is 0 Å². The van der Waals surface area contributed by atoms with Crippen LogP contribution in [0.5, 0.6) is 0 Å². The molecular weight excluding hydrogens is 248 g/mol. The number of nitrogens with one attached hydrogen (secondary N) is 1. The zero-order valence-corrected chi connectivity index (χ0v) is 13.6. The molecule has 2 aliphatic heterocycles. The van der Waals surface area contributed by atoms with Crippen LogP contribution in [0.2, 0.25) is 0 Å². The molecule has 20 heavy (non-hydrogen) atoms. The highest BCUT2D eigenvalue weighted by molar-refractivity contribution is 5.79. The van der Waals surface area contributed by atoms with Gasteiger partial charge in [-0.15, -0.1) is 0 Å². The normalized spacial score (nSPS) is 26.9. The summed E-state index contributed by atoms with van der Waals surface area (Å²) < 4.78 is 0. The fourth-order valence-electron chi connectivity index (χ4n) is 3.33. The Hall–Kier alpha value is -0.770. The predicted octanol–water partition coefficient (Wildman–Crippen LogP) is 2.03. The minimum Gasteiger partial charge on any atom is -0.355 e. The van der Waals surface area contributed by atoms with Crippen LogP contribution in [-0.4, -0.2) is 62.1 Å². The molecule has 1 N–H and O–H groups in total. The fraction of sp³-hybridized carbons (Fsp3) is 0.938. The molecule has 116 valence electrons. The molecule has 0 bridgehead atoms. The van der Waals surface area contributed by atoms with Crippen LogP contribution in [-0.2, 0) is 0 Å². The summed E-state index contributed by atoms with van der Waals surface area (Å²) in [6, 6.07) is 0. The molecule has 0 aromatic heterocycles. The minimum absolute atomic E-state index is 0.797. The Morgan fingerprint density at radius 1 is 1.10 bits per heavy atom. The lowest BCUT2D eigenvalue weighted by molar-refractivity contribution is 0.194. The summed E-state index contributed by atoms with van der Waals surface area (Å²) in [5, 5.41) is 3.55. The van der Waals surface area contributed by atoms with E-state index in [1.807, 2.05) is 7.05 Å². The molecule has 0 aromatic carbocycles. The Morgan fingerprint density at radius 2 is 1.85 bits per heavy atom. The van der Waals surface area contributed by atoms with Crippen molar-refractivity contribution in [1.29, 1.82) is 0 Å². The number of hydrogen-bond donors (Lipinski definition) is 1. The molecule has 2 heterocycles. The van der Waals surface area contributed by atoms with Gasteiger partial charge in [-0.2, -0.15) is 0 Å². The van der Waals surface area contributed by atoms with Gasteiger partial charge in [0, 0.05) is 33.2 Å². The van der Waals surface area contributed by atoms with E-state index < -0.39 is 0 Å². The predicted molar refractivity (Wildman–Crippen MR) is 86.2 cm³/mol. The summed E-state index contributed by atoms with van der Waals surface area (Å²) in [5.74, 6) is 2.81. The number of rotatable bonds is 3. The molecule has 0 aliphatic carbocycles. The van der Waals surface area contributed by atoms with Crippen LogP contribution in [0.4, 0.5) is 0 Å². The first kappa shape index (κ1) is 15.6. The number of likely N-dealkylation sites (tertiary alicyclic amines) is 2. The van der Waals surface area contributed by atoms with Crippen molar-refractivity contribution in [2.45, 2.75) is 39.5 Å². The molecular formula is C16H32N4. The second-order valence-electron chi connectivity index (χ2n) is 6.69. The first-order chi connectivity index (χ1) is 9.69. The highest BCUT2D eigenvalue weighted by Crippen LogP contribution is 2.16. The van der Waals surface area contributed by atoms with Crippen LogP contribution in [0.3, 0.4) is 0 Å². The summed E-state index contributed by atoms with van der Waals surface area (Å²) in [7, 11) is 1.91. The van der Waals surface area contributed by atoms with Crippen molar-refractivity contribution in [3.63, 3.8) is 0 Å². The van der Waals surface area contributed by atoms with Crippen LogP contribution in [0.1, 0.15) is 39.5 Å². The maximum Gasteiger partial charge on any atom is 0.193 e. The standard InChI is InChI=1S/C16H32N4/c1-14-6-10-19(11-7-14)12-8-18-16(17-3)20-9-4-5-15(2)13-20/h14-15H,4-13H2,1-3H3,(H,17,18). The van der Waals surface area contributed by atoms with Gasteiger partial charge >= 0.3 is 0 Å². The molecule has 2 saturated heterocycles. The van der Waals surface area contributed by atoms with E-state index in [9.17, 15) is 0 Å². The van der Waals surface area contributed by atoms with E-state index in [0.29, 0.717) is 0 Å².